The Labute approximate surface area is 215 Å². The highest BCUT2D eigenvalue weighted by atomic mass is 35.5. The van der Waals surface area contributed by atoms with Crippen molar-refractivity contribution in [2.45, 2.75) is 77.3 Å². The van der Waals surface area contributed by atoms with Crippen molar-refractivity contribution < 1.29 is 4.79 Å². The van der Waals surface area contributed by atoms with Gasteiger partial charge in [0.2, 0.25) is 0 Å². The second-order valence-electron chi connectivity index (χ2n) is 11.0. The highest BCUT2D eigenvalue weighted by molar-refractivity contribution is 6.33. The van der Waals surface area contributed by atoms with Gasteiger partial charge in [-0.15, -0.1) is 11.6 Å². The van der Waals surface area contributed by atoms with Crippen LogP contribution >= 0.6 is 11.6 Å². The summed E-state index contributed by atoms with van der Waals surface area (Å²) in [5, 5.41) is -0.307. The molecule has 1 aliphatic heterocycles. The van der Waals surface area contributed by atoms with Crippen molar-refractivity contribution in [1.29, 1.82) is 0 Å². The van der Waals surface area contributed by atoms with E-state index in [0.29, 0.717) is 17.0 Å². The first kappa shape index (κ1) is 25.6. The topological polar surface area (TPSA) is 45.0 Å². The molecule has 4 nitrogen and oxygen atoms in total. The number of ketones is 1. The fraction of sp³-hybridized carbons (Fsp3) is 0.500. The minimum atomic E-state index is -0.307. The van der Waals surface area contributed by atoms with Crippen LogP contribution in [0, 0.1) is 11.3 Å². The van der Waals surface area contributed by atoms with Crippen LogP contribution in [0.25, 0.3) is 11.1 Å². The monoisotopic (exact) mass is 491 g/mol. The number of Topliss-reactive ketones (excluding diaryl/α,β-unsaturated/α-hetero) is 1. The average molecular weight is 492 g/mol. The summed E-state index contributed by atoms with van der Waals surface area (Å²) in [6, 6.07) is 18.3. The van der Waals surface area contributed by atoms with Gasteiger partial charge in [-0.25, -0.2) is 4.99 Å². The summed E-state index contributed by atoms with van der Waals surface area (Å²) >= 11 is 6.88. The van der Waals surface area contributed by atoms with E-state index in [1.165, 1.54) is 12.8 Å². The van der Waals surface area contributed by atoms with Crippen LogP contribution in [-0.4, -0.2) is 46.9 Å². The quantitative estimate of drug-likeness (QED) is 0.315. The Morgan fingerprint density at radius 2 is 1.63 bits per heavy atom. The normalized spacial score (nSPS) is 26.2. The maximum Gasteiger partial charge on any atom is 0.182 e. The van der Waals surface area contributed by atoms with Gasteiger partial charge in [0.25, 0.3) is 0 Å². The number of halogens is 1. The Morgan fingerprint density at radius 1 is 1.00 bits per heavy atom. The van der Waals surface area contributed by atoms with Crippen LogP contribution in [0.4, 0.5) is 0 Å². The van der Waals surface area contributed by atoms with Gasteiger partial charge in [0.15, 0.2) is 5.78 Å². The van der Waals surface area contributed by atoms with Crippen molar-refractivity contribution in [1.82, 2.24) is 4.90 Å². The number of hydrogen-bond acceptors (Lipinski definition) is 3. The van der Waals surface area contributed by atoms with Gasteiger partial charge in [-0.1, -0.05) is 82.3 Å². The van der Waals surface area contributed by atoms with Crippen LogP contribution in [-0.2, 0) is 0 Å². The summed E-state index contributed by atoms with van der Waals surface area (Å²) in [4.78, 5) is 24.6. The smallest absolute Gasteiger partial charge is 0.182 e. The summed E-state index contributed by atoms with van der Waals surface area (Å²) in [7, 11) is 0. The molecule has 2 aliphatic rings. The van der Waals surface area contributed by atoms with Crippen LogP contribution in [0.5, 0.6) is 0 Å². The molecule has 0 radical (unpaired) electrons. The van der Waals surface area contributed by atoms with Crippen LogP contribution in [0.2, 0.25) is 0 Å². The summed E-state index contributed by atoms with van der Waals surface area (Å²) < 4.78 is 0. The lowest BCUT2D eigenvalue weighted by atomic mass is 9.71. The molecule has 2 aromatic rings. The van der Waals surface area contributed by atoms with E-state index in [0.717, 1.165) is 42.1 Å². The standard InChI is InChI=1S/C30H38ClN3O/c1-5-26-28(31)29(33-25-17-15-24(16-18-25)30(2,3)4)32-20-34(26)19-27(35)23-13-11-22(12-14-23)21-9-7-6-8-10-21/h6-14,20,24-26,28H,5,15-19H2,1-4H3. The first-order valence-electron chi connectivity index (χ1n) is 13.0. The van der Waals surface area contributed by atoms with Crippen LogP contribution in [0.15, 0.2) is 64.6 Å². The molecule has 5 heteroatoms. The molecule has 186 valence electrons. The van der Waals surface area contributed by atoms with Gasteiger partial charge in [-0.2, -0.15) is 0 Å². The highest BCUT2D eigenvalue weighted by Crippen LogP contribution is 2.38. The summed E-state index contributed by atoms with van der Waals surface area (Å²) in [5.41, 5.74) is 3.31. The number of hydrogen-bond donors (Lipinski definition) is 0. The molecule has 1 aliphatic carbocycles. The second kappa shape index (κ2) is 11.1. The third-order valence-electron chi connectivity index (χ3n) is 7.64. The van der Waals surface area contributed by atoms with Gasteiger partial charge in [-0.05, 0) is 54.6 Å². The van der Waals surface area contributed by atoms with Gasteiger partial charge < -0.3 is 4.90 Å². The lowest BCUT2D eigenvalue weighted by molar-refractivity contribution is 0.0949. The van der Waals surface area contributed by atoms with Crippen molar-refractivity contribution in [2.75, 3.05) is 6.54 Å². The first-order chi connectivity index (χ1) is 16.8. The summed E-state index contributed by atoms with van der Waals surface area (Å²) in [5.74, 6) is 1.56. The van der Waals surface area contributed by atoms with Crippen molar-refractivity contribution in [3.8, 4) is 11.1 Å². The molecule has 1 fully saturated rings. The predicted molar refractivity (Wildman–Crippen MR) is 148 cm³/mol. The van der Waals surface area contributed by atoms with E-state index < -0.39 is 0 Å². The molecule has 2 unspecified atom stereocenters. The molecule has 0 saturated heterocycles. The van der Waals surface area contributed by atoms with E-state index in [4.69, 9.17) is 16.6 Å². The lowest BCUT2D eigenvalue weighted by Crippen LogP contribution is -2.49. The summed E-state index contributed by atoms with van der Waals surface area (Å²) in [6.07, 6.45) is 7.23. The highest BCUT2D eigenvalue weighted by Gasteiger charge is 2.34. The van der Waals surface area contributed by atoms with Gasteiger partial charge in [0, 0.05) is 5.56 Å². The maximum absolute atomic E-state index is 13.1. The zero-order valence-electron chi connectivity index (χ0n) is 21.5. The van der Waals surface area contributed by atoms with Crippen molar-refractivity contribution in [2.24, 2.45) is 21.3 Å². The zero-order valence-corrected chi connectivity index (χ0v) is 22.2. The lowest BCUT2D eigenvalue weighted by Gasteiger charge is -2.37. The molecule has 1 heterocycles. The largest absolute Gasteiger partial charge is 0.350 e. The number of aliphatic imine (C=N–C) groups is 2. The molecule has 2 atom stereocenters. The first-order valence-corrected chi connectivity index (χ1v) is 13.4. The number of amidine groups is 1. The molecular weight excluding hydrogens is 454 g/mol. The molecule has 0 N–H and O–H groups in total. The number of nitrogens with zero attached hydrogens (tertiary/aromatic N) is 3. The Balaban J connectivity index is 1.40. The van der Waals surface area contributed by atoms with Gasteiger partial charge in [0.05, 0.1) is 25.0 Å². The molecule has 1 saturated carbocycles. The van der Waals surface area contributed by atoms with E-state index >= 15 is 0 Å². The minimum absolute atomic E-state index is 0.00590. The number of alkyl halides is 1. The molecule has 0 bridgehead atoms. The molecule has 0 spiro atoms. The van der Waals surface area contributed by atoms with Gasteiger partial charge in [0.1, 0.15) is 11.2 Å². The van der Waals surface area contributed by atoms with E-state index in [2.05, 4.69) is 44.8 Å². The minimum Gasteiger partial charge on any atom is -0.350 e. The van der Waals surface area contributed by atoms with E-state index in [9.17, 15) is 4.79 Å². The van der Waals surface area contributed by atoms with Crippen molar-refractivity contribution in [3.05, 3.63) is 60.2 Å². The van der Waals surface area contributed by atoms with Crippen molar-refractivity contribution >= 4 is 29.6 Å². The van der Waals surface area contributed by atoms with Crippen LogP contribution in [0.1, 0.15) is 70.2 Å². The second-order valence-corrected chi connectivity index (χ2v) is 11.5. The van der Waals surface area contributed by atoms with Crippen LogP contribution < -0.4 is 0 Å². The average Bonchev–Trinajstić information content (AvgIpc) is 2.86. The number of carbonyl (C=O) groups is 1. The van der Waals surface area contributed by atoms with Gasteiger partial charge in [-0.3, -0.25) is 9.79 Å². The van der Waals surface area contributed by atoms with Crippen molar-refractivity contribution in [3.63, 3.8) is 0 Å². The number of rotatable bonds is 6. The fourth-order valence-corrected chi connectivity index (χ4v) is 5.76. The number of benzene rings is 2. The molecular formula is C30H38ClN3O. The van der Waals surface area contributed by atoms with E-state index in [-0.39, 0.29) is 23.7 Å². The predicted octanol–water partition coefficient (Wildman–Crippen LogP) is 7.27. The zero-order chi connectivity index (χ0) is 25.0. The Morgan fingerprint density at radius 3 is 2.23 bits per heavy atom. The molecule has 4 rings (SSSR count). The molecule has 0 amide bonds. The molecule has 0 aromatic heterocycles. The van der Waals surface area contributed by atoms with Crippen LogP contribution in [0.3, 0.4) is 0 Å². The van der Waals surface area contributed by atoms with E-state index in [1.54, 1.807) is 6.34 Å². The maximum atomic E-state index is 13.1. The third-order valence-corrected chi connectivity index (χ3v) is 8.13. The fourth-order valence-electron chi connectivity index (χ4n) is 5.33. The Kier molecular flexibility index (Phi) is 8.11. The third kappa shape index (κ3) is 6.22. The summed E-state index contributed by atoms with van der Waals surface area (Å²) in [6.45, 7) is 9.38. The molecule has 2 aromatic carbocycles. The van der Waals surface area contributed by atoms with Gasteiger partial charge >= 0.3 is 0 Å². The number of carbonyl (C=O) groups excluding carboxylic acids is 1. The SMILES string of the molecule is CCC1C(Cl)C(=NC2CCC(C(C)(C)C)CC2)N=CN1CC(=O)c1ccc(-c2ccccc2)cc1. The Hall–Kier alpha value is -2.46. The molecule has 35 heavy (non-hydrogen) atoms. The Bertz CT molecular complexity index is 1050. The van der Waals surface area contributed by atoms with E-state index in [1.807, 2.05) is 47.4 Å².